The molecule has 1 unspecified atom stereocenters. The first-order valence-electron chi connectivity index (χ1n) is 12.9. The third kappa shape index (κ3) is 6.28. The molecule has 1 N–H and O–H groups in total. The summed E-state index contributed by atoms with van der Waals surface area (Å²) in [5.74, 6) is -3.48. The lowest BCUT2D eigenvalue weighted by atomic mass is 9.91. The van der Waals surface area contributed by atoms with Crippen molar-refractivity contribution in [3.8, 4) is 11.1 Å². The highest BCUT2D eigenvalue weighted by Gasteiger charge is 2.44. The number of fused-ring (bicyclic) bond motifs is 3. The van der Waals surface area contributed by atoms with E-state index in [9.17, 15) is 27.2 Å². The smallest absolute Gasteiger partial charge is 0.407 e. The maximum absolute atomic E-state index is 15.4. The van der Waals surface area contributed by atoms with Crippen molar-refractivity contribution in [3.05, 3.63) is 53.1 Å². The van der Waals surface area contributed by atoms with Gasteiger partial charge in [-0.25, -0.2) is 13.6 Å². The van der Waals surface area contributed by atoms with Gasteiger partial charge in [0.1, 0.15) is 23.8 Å². The third-order valence-corrected chi connectivity index (χ3v) is 6.70. The lowest BCUT2D eigenvalue weighted by Gasteiger charge is -2.42. The Labute approximate surface area is 224 Å². The van der Waals surface area contributed by atoms with Crippen LogP contribution in [0.3, 0.4) is 0 Å². The molecule has 11 heteroatoms. The molecule has 0 spiro atoms. The van der Waals surface area contributed by atoms with Gasteiger partial charge in [0.05, 0.1) is 17.6 Å². The number of alkyl carbamates (subject to hydrolysis) is 1. The minimum absolute atomic E-state index is 0.0622. The molecule has 1 fully saturated rings. The number of rotatable bonds is 7. The number of hydrogen-bond donors (Lipinski definition) is 1. The average molecular weight is 554 g/mol. The van der Waals surface area contributed by atoms with E-state index in [1.165, 1.54) is 24.3 Å². The third-order valence-electron chi connectivity index (χ3n) is 6.70. The van der Waals surface area contributed by atoms with E-state index in [0.717, 1.165) is 11.0 Å². The van der Waals surface area contributed by atoms with Gasteiger partial charge < -0.3 is 19.9 Å². The lowest BCUT2D eigenvalue weighted by Crippen LogP contribution is -2.60. The number of anilines is 1. The highest BCUT2D eigenvalue weighted by molar-refractivity contribution is 5.99. The molecule has 0 saturated carbocycles. The SMILES string of the molecule is CCCCN(CC(F)(F)F)C(=O)C1c2cc(F)ccc2-c2ccc(F)c(N3CC(NC(=O)OC(C)(C)C)C3)c21. The number of unbranched alkanes of at least 4 members (excludes halogenated alkanes) is 1. The lowest BCUT2D eigenvalue weighted by molar-refractivity contribution is -0.161. The Balaban J connectivity index is 1.70. The molecule has 39 heavy (non-hydrogen) atoms. The van der Waals surface area contributed by atoms with Gasteiger partial charge in [-0.2, -0.15) is 13.2 Å². The molecule has 6 nitrogen and oxygen atoms in total. The van der Waals surface area contributed by atoms with Gasteiger partial charge in [-0.1, -0.05) is 25.5 Å². The molecule has 1 heterocycles. The maximum Gasteiger partial charge on any atom is 0.407 e. The highest BCUT2D eigenvalue weighted by atomic mass is 19.4. The number of hydrogen-bond acceptors (Lipinski definition) is 4. The normalized spacial score (nSPS) is 16.8. The Kier molecular flexibility index (Phi) is 7.82. The van der Waals surface area contributed by atoms with Crippen molar-refractivity contribution in [1.82, 2.24) is 10.2 Å². The molecule has 1 aliphatic carbocycles. The van der Waals surface area contributed by atoms with E-state index in [-0.39, 0.29) is 42.5 Å². The number of halogens is 5. The van der Waals surface area contributed by atoms with E-state index in [4.69, 9.17) is 4.74 Å². The average Bonchev–Trinajstić information content (AvgIpc) is 3.10. The standard InChI is InChI=1S/C28H32F5N3O3/c1-5-6-11-35(15-28(31,32)33)25(37)23-20-12-16(29)7-8-18(20)19-9-10-21(30)24(22(19)23)36-13-17(14-36)34-26(38)39-27(2,3)4/h7-10,12,17,23H,5-6,11,13-15H2,1-4H3,(H,34,38). The van der Waals surface area contributed by atoms with Crippen LogP contribution < -0.4 is 10.2 Å². The summed E-state index contributed by atoms with van der Waals surface area (Å²) < 4.78 is 75.4. The van der Waals surface area contributed by atoms with Crippen molar-refractivity contribution in [2.75, 3.05) is 31.1 Å². The molecule has 2 aliphatic rings. The predicted molar refractivity (Wildman–Crippen MR) is 137 cm³/mol. The van der Waals surface area contributed by atoms with Crippen LogP contribution in [0, 0.1) is 11.6 Å². The van der Waals surface area contributed by atoms with Crippen LogP contribution in [0.15, 0.2) is 30.3 Å². The molecule has 0 radical (unpaired) electrons. The van der Waals surface area contributed by atoms with Gasteiger partial charge in [0.25, 0.3) is 0 Å². The molecule has 1 saturated heterocycles. The van der Waals surface area contributed by atoms with E-state index < -0.39 is 47.9 Å². The van der Waals surface area contributed by atoms with Crippen molar-refractivity contribution in [3.63, 3.8) is 0 Å². The fourth-order valence-electron chi connectivity index (χ4n) is 5.10. The largest absolute Gasteiger partial charge is 0.444 e. The van der Waals surface area contributed by atoms with Crippen molar-refractivity contribution < 1.29 is 36.3 Å². The molecule has 4 rings (SSSR count). The molecule has 0 bridgehead atoms. The highest BCUT2D eigenvalue weighted by Crippen LogP contribution is 2.51. The van der Waals surface area contributed by atoms with Crippen LogP contribution in [-0.2, 0) is 9.53 Å². The molecule has 2 aromatic rings. The Morgan fingerprint density at radius 1 is 1.08 bits per heavy atom. The fraction of sp³-hybridized carbons (Fsp3) is 0.500. The summed E-state index contributed by atoms with van der Waals surface area (Å²) in [5, 5.41) is 2.71. The summed E-state index contributed by atoms with van der Waals surface area (Å²) >= 11 is 0. The van der Waals surface area contributed by atoms with E-state index in [0.29, 0.717) is 24.0 Å². The molecule has 2 amide bonds. The van der Waals surface area contributed by atoms with Gasteiger partial charge in [0.15, 0.2) is 0 Å². The zero-order valence-corrected chi connectivity index (χ0v) is 22.3. The van der Waals surface area contributed by atoms with E-state index in [1.807, 2.05) is 0 Å². The number of amides is 2. The molecule has 0 aromatic heterocycles. The topological polar surface area (TPSA) is 61.9 Å². The van der Waals surface area contributed by atoms with Gasteiger partial charge in [-0.05, 0) is 62.1 Å². The predicted octanol–water partition coefficient (Wildman–Crippen LogP) is 5.98. The van der Waals surface area contributed by atoms with Gasteiger partial charge in [-0.15, -0.1) is 0 Å². The van der Waals surface area contributed by atoms with E-state index in [2.05, 4.69) is 5.32 Å². The van der Waals surface area contributed by atoms with Gasteiger partial charge in [-0.3, -0.25) is 4.79 Å². The van der Waals surface area contributed by atoms with Crippen LogP contribution in [0.4, 0.5) is 32.4 Å². The number of carbonyl (C=O) groups is 2. The van der Waals surface area contributed by atoms with Crippen LogP contribution >= 0.6 is 0 Å². The Bertz CT molecular complexity index is 1250. The van der Waals surface area contributed by atoms with Gasteiger partial charge in [0, 0.05) is 25.2 Å². The summed E-state index contributed by atoms with van der Waals surface area (Å²) in [6, 6.07) is 6.13. The quantitative estimate of drug-likeness (QED) is 0.429. The Morgan fingerprint density at radius 2 is 1.74 bits per heavy atom. The zero-order valence-electron chi connectivity index (χ0n) is 22.3. The first-order valence-corrected chi connectivity index (χ1v) is 12.9. The molecule has 2 aromatic carbocycles. The number of nitrogens with one attached hydrogen (secondary N) is 1. The fourth-order valence-corrected chi connectivity index (χ4v) is 5.10. The molecular weight excluding hydrogens is 521 g/mol. The minimum atomic E-state index is -4.64. The number of benzene rings is 2. The molecule has 212 valence electrons. The minimum Gasteiger partial charge on any atom is -0.444 e. The zero-order chi connectivity index (χ0) is 28.7. The number of alkyl halides is 3. The van der Waals surface area contributed by atoms with Gasteiger partial charge in [0.2, 0.25) is 5.91 Å². The first kappa shape index (κ1) is 28.6. The summed E-state index contributed by atoms with van der Waals surface area (Å²) in [6.07, 6.45) is -4.36. The molecular formula is C28H32F5N3O3. The van der Waals surface area contributed by atoms with E-state index in [1.54, 1.807) is 32.6 Å². The number of ether oxygens (including phenoxy) is 1. The Morgan fingerprint density at radius 3 is 2.36 bits per heavy atom. The van der Waals surface area contributed by atoms with Crippen LogP contribution in [0.1, 0.15) is 57.6 Å². The van der Waals surface area contributed by atoms with Crippen LogP contribution in [0.2, 0.25) is 0 Å². The Hall–Kier alpha value is -3.37. The van der Waals surface area contributed by atoms with Crippen molar-refractivity contribution >= 4 is 17.7 Å². The van der Waals surface area contributed by atoms with Crippen LogP contribution in [-0.4, -0.2) is 60.9 Å². The van der Waals surface area contributed by atoms with Crippen molar-refractivity contribution in [2.24, 2.45) is 0 Å². The molecule has 1 atom stereocenters. The van der Waals surface area contributed by atoms with Gasteiger partial charge >= 0.3 is 12.3 Å². The summed E-state index contributed by atoms with van der Waals surface area (Å²) in [7, 11) is 0. The first-order chi connectivity index (χ1) is 18.2. The summed E-state index contributed by atoms with van der Waals surface area (Å²) in [5.41, 5.74) is 0.707. The number of carbonyl (C=O) groups excluding carboxylic acids is 2. The number of nitrogens with zero attached hydrogens (tertiary/aromatic N) is 2. The monoisotopic (exact) mass is 553 g/mol. The van der Waals surface area contributed by atoms with Crippen LogP contribution in [0.25, 0.3) is 11.1 Å². The maximum atomic E-state index is 15.4. The van der Waals surface area contributed by atoms with Crippen molar-refractivity contribution in [2.45, 2.75) is 64.3 Å². The second-order valence-corrected chi connectivity index (χ2v) is 11.0. The second-order valence-electron chi connectivity index (χ2n) is 11.0. The van der Waals surface area contributed by atoms with Crippen LogP contribution in [0.5, 0.6) is 0 Å². The molecule has 1 aliphatic heterocycles. The summed E-state index contributed by atoms with van der Waals surface area (Å²) in [6.45, 7) is 5.76. The van der Waals surface area contributed by atoms with Crippen molar-refractivity contribution in [1.29, 1.82) is 0 Å². The summed E-state index contributed by atoms with van der Waals surface area (Å²) in [4.78, 5) is 28.3. The van der Waals surface area contributed by atoms with E-state index >= 15 is 4.39 Å². The second kappa shape index (κ2) is 10.7.